The Kier molecular flexibility index (Phi) is 6.68. The molecule has 0 saturated heterocycles. The van der Waals surface area contributed by atoms with Crippen LogP contribution in [0.1, 0.15) is 32.8 Å². The quantitative estimate of drug-likeness (QED) is 0.824. The molecule has 0 aliphatic heterocycles. The van der Waals surface area contributed by atoms with E-state index in [2.05, 4.69) is 64.4 Å². The number of hydrogen-bond acceptors (Lipinski definition) is 3. The molecule has 0 aromatic heterocycles. The van der Waals surface area contributed by atoms with Crippen LogP contribution in [0.5, 0.6) is 0 Å². The predicted molar refractivity (Wildman–Crippen MR) is 92.7 cm³/mol. The van der Waals surface area contributed by atoms with Crippen molar-refractivity contribution in [2.45, 2.75) is 39.3 Å². The highest BCUT2D eigenvalue weighted by Crippen LogP contribution is 2.24. The van der Waals surface area contributed by atoms with Crippen LogP contribution in [-0.4, -0.2) is 32.1 Å². The number of anilines is 1. The summed E-state index contributed by atoms with van der Waals surface area (Å²) in [7, 11) is 3.69. The molecule has 0 radical (unpaired) electrons. The van der Waals surface area contributed by atoms with Crippen LogP contribution in [0.2, 0.25) is 0 Å². The Labute approximate surface area is 136 Å². The monoisotopic (exact) mass is 355 g/mol. The molecule has 1 aromatic rings. The lowest BCUT2D eigenvalue weighted by atomic mass is 10.1. The number of carbonyl (C=O) groups is 1. The van der Waals surface area contributed by atoms with Crippen molar-refractivity contribution < 1.29 is 4.79 Å². The van der Waals surface area contributed by atoms with E-state index in [4.69, 9.17) is 0 Å². The number of hydrogen-bond donors (Lipinski definition) is 2. The van der Waals surface area contributed by atoms with Gasteiger partial charge in [0.15, 0.2) is 0 Å². The van der Waals surface area contributed by atoms with E-state index in [1.807, 2.05) is 13.1 Å². The molecule has 0 aliphatic rings. The van der Waals surface area contributed by atoms with Crippen LogP contribution in [0.15, 0.2) is 22.7 Å². The average molecular weight is 356 g/mol. The molecule has 0 unspecified atom stereocenters. The Morgan fingerprint density at radius 3 is 2.57 bits per heavy atom. The summed E-state index contributed by atoms with van der Waals surface area (Å²) in [6.45, 7) is 7.95. The molecule has 0 saturated carbocycles. The van der Waals surface area contributed by atoms with Crippen LogP contribution in [0.4, 0.5) is 5.69 Å². The van der Waals surface area contributed by atoms with E-state index in [-0.39, 0.29) is 11.4 Å². The van der Waals surface area contributed by atoms with E-state index in [0.717, 1.165) is 16.7 Å². The summed E-state index contributed by atoms with van der Waals surface area (Å²) in [5.74, 6) is 0.0633. The molecule has 0 heterocycles. The van der Waals surface area contributed by atoms with E-state index >= 15 is 0 Å². The van der Waals surface area contributed by atoms with Crippen molar-refractivity contribution >= 4 is 27.5 Å². The summed E-state index contributed by atoms with van der Waals surface area (Å²) in [6, 6.07) is 6.25. The Bertz CT molecular complexity index is 483. The van der Waals surface area contributed by atoms with Crippen LogP contribution >= 0.6 is 15.9 Å². The molecule has 5 heteroatoms. The largest absolute Gasteiger partial charge is 0.374 e. The van der Waals surface area contributed by atoms with Gasteiger partial charge in [0, 0.05) is 49.3 Å². The van der Waals surface area contributed by atoms with Gasteiger partial charge < -0.3 is 15.5 Å². The lowest BCUT2D eigenvalue weighted by Crippen LogP contribution is -2.35. The molecular formula is C16H26BrN3O. The number of benzene rings is 1. The first-order valence-electron chi connectivity index (χ1n) is 7.18. The smallest absolute Gasteiger partial charge is 0.221 e. The Morgan fingerprint density at radius 2 is 2.00 bits per heavy atom. The zero-order valence-corrected chi connectivity index (χ0v) is 15.2. The van der Waals surface area contributed by atoms with E-state index in [1.165, 1.54) is 5.56 Å². The van der Waals surface area contributed by atoms with E-state index in [1.54, 1.807) is 7.05 Å². The highest BCUT2D eigenvalue weighted by molar-refractivity contribution is 9.10. The van der Waals surface area contributed by atoms with Gasteiger partial charge in [-0.25, -0.2) is 0 Å². The number of halogens is 1. The molecule has 0 fully saturated rings. The zero-order chi connectivity index (χ0) is 16.0. The second kappa shape index (κ2) is 7.80. The predicted octanol–water partition coefficient (Wildman–Crippen LogP) is 2.91. The van der Waals surface area contributed by atoms with Crippen molar-refractivity contribution in [2.24, 2.45) is 0 Å². The number of carbonyl (C=O) groups excluding carboxylic acids is 1. The molecule has 0 atom stereocenters. The average Bonchev–Trinajstić information content (AvgIpc) is 2.41. The van der Waals surface area contributed by atoms with Crippen LogP contribution in [0, 0.1) is 0 Å². The number of nitrogens with zero attached hydrogens (tertiary/aromatic N) is 1. The highest BCUT2D eigenvalue weighted by atomic mass is 79.9. The lowest BCUT2D eigenvalue weighted by molar-refractivity contribution is -0.120. The van der Waals surface area contributed by atoms with E-state index < -0.39 is 0 Å². The van der Waals surface area contributed by atoms with Crippen molar-refractivity contribution in [2.75, 3.05) is 25.5 Å². The normalized spacial score (nSPS) is 11.3. The first-order valence-corrected chi connectivity index (χ1v) is 7.97. The number of nitrogens with one attached hydrogen (secondary N) is 2. The molecule has 21 heavy (non-hydrogen) atoms. The van der Waals surface area contributed by atoms with Gasteiger partial charge in [-0.1, -0.05) is 15.9 Å². The summed E-state index contributed by atoms with van der Waals surface area (Å²) in [5, 5.41) is 6.17. The number of amides is 1. The molecule has 1 rings (SSSR count). The first kappa shape index (κ1) is 18.0. The summed E-state index contributed by atoms with van der Waals surface area (Å²) in [5.41, 5.74) is 2.44. The minimum Gasteiger partial charge on any atom is -0.374 e. The number of rotatable bonds is 6. The Morgan fingerprint density at radius 1 is 1.33 bits per heavy atom. The van der Waals surface area contributed by atoms with Gasteiger partial charge in [-0.15, -0.1) is 0 Å². The molecule has 0 aliphatic carbocycles. The fourth-order valence-electron chi connectivity index (χ4n) is 1.94. The van der Waals surface area contributed by atoms with Gasteiger partial charge in [-0.3, -0.25) is 4.79 Å². The minimum absolute atomic E-state index is 0.0633. The van der Waals surface area contributed by atoms with Crippen molar-refractivity contribution in [3.8, 4) is 0 Å². The van der Waals surface area contributed by atoms with Crippen molar-refractivity contribution in [1.29, 1.82) is 0 Å². The van der Waals surface area contributed by atoms with Gasteiger partial charge in [-0.05, 0) is 44.5 Å². The van der Waals surface area contributed by atoms with E-state index in [0.29, 0.717) is 13.0 Å². The summed E-state index contributed by atoms with van der Waals surface area (Å²) in [4.78, 5) is 13.5. The van der Waals surface area contributed by atoms with Gasteiger partial charge in [0.05, 0.1) is 0 Å². The SMILES string of the molecule is CNC(=O)CCN(C)c1ccc(Br)cc1CNC(C)(C)C. The third-order valence-corrected chi connectivity index (χ3v) is 3.71. The van der Waals surface area contributed by atoms with E-state index in [9.17, 15) is 4.79 Å². The molecule has 0 bridgehead atoms. The highest BCUT2D eigenvalue weighted by Gasteiger charge is 2.13. The maximum absolute atomic E-state index is 11.4. The maximum atomic E-state index is 11.4. The fourth-order valence-corrected chi connectivity index (χ4v) is 2.35. The second-order valence-corrected chi connectivity index (χ2v) is 7.14. The third kappa shape index (κ3) is 6.48. The van der Waals surface area contributed by atoms with Crippen LogP contribution in [0.25, 0.3) is 0 Å². The fraction of sp³-hybridized carbons (Fsp3) is 0.562. The van der Waals surface area contributed by atoms with Crippen LogP contribution in [0.3, 0.4) is 0 Å². The molecule has 4 nitrogen and oxygen atoms in total. The molecule has 1 aromatic carbocycles. The Hall–Kier alpha value is -1.07. The molecule has 0 spiro atoms. The molecule has 2 N–H and O–H groups in total. The van der Waals surface area contributed by atoms with Gasteiger partial charge in [0.1, 0.15) is 0 Å². The maximum Gasteiger partial charge on any atom is 0.221 e. The van der Waals surface area contributed by atoms with Crippen molar-refractivity contribution in [3.63, 3.8) is 0 Å². The van der Waals surface area contributed by atoms with Crippen LogP contribution < -0.4 is 15.5 Å². The van der Waals surface area contributed by atoms with Gasteiger partial charge >= 0.3 is 0 Å². The van der Waals surface area contributed by atoms with Gasteiger partial charge in [0.25, 0.3) is 0 Å². The standard InChI is InChI=1S/C16H26BrN3O/c1-16(2,3)19-11-12-10-13(17)6-7-14(12)20(5)9-8-15(21)18-4/h6-7,10,19H,8-9,11H2,1-5H3,(H,18,21). The summed E-state index contributed by atoms with van der Waals surface area (Å²) in [6.07, 6.45) is 0.495. The van der Waals surface area contributed by atoms with Gasteiger partial charge in [0.2, 0.25) is 5.91 Å². The third-order valence-electron chi connectivity index (χ3n) is 3.22. The second-order valence-electron chi connectivity index (χ2n) is 6.22. The zero-order valence-electron chi connectivity index (χ0n) is 13.6. The molecule has 118 valence electrons. The van der Waals surface area contributed by atoms with Crippen molar-refractivity contribution in [3.05, 3.63) is 28.2 Å². The topological polar surface area (TPSA) is 44.4 Å². The van der Waals surface area contributed by atoms with Crippen LogP contribution in [-0.2, 0) is 11.3 Å². The molecular weight excluding hydrogens is 330 g/mol. The lowest BCUT2D eigenvalue weighted by Gasteiger charge is -2.26. The summed E-state index contributed by atoms with van der Waals surface area (Å²) >= 11 is 3.53. The van der Waals surface area contributed by atoms with Gasteiger partial charge in [-0.2, -0.15) is 0 Å². The Balaban J connectivity index is 2.82. The first-order chi connectivity index (χ1) is 9.73. The summed E-state index contributed by atoms with van der Waals surface area (Å²) < 4.78 is 1.07. The minimum atomic E-state index is 0.0633. The molecule has 1 amide bonds. The van der Waals surface area contributed by atoms with Crippen molar-refractivity contribution in [1.82, 2.24) is 10.6 Å².